The van der Waals surface area contributed by atoms with Crippen LogP contribution in [0.4, 0.5) is 18.3 Å². The van der Waals surface area contributed by atoms with Gasteiger partial charge in [-0.1, -0.05) is 31.0 Å². The van der Waals surface area contributed by atoms with Gasteiger partial charge in [-0.05, 0) is 18.9 Å². The lowest BCUT2D eigenvalue weighted by Gasteiger charge is -2.31. The molecule has 0 spiro atoms. The topological polar surface area (TPSA) is 57.8 Å². The smallest absolute Gasteiger partial charge is 0.360 e. The molecule has 1 fully saturated rings. The second-order valence-corrected chi connectivity index (χ2v) is 7.67. The summed E-state index contributed by atoms with van der Waals surface area (Å²) >= 11 is 1.22. The number of fused-ring (bicyclic) bond motifs is 1. The van der Waals surface area contributed by atoms with Gasteiger partial charge in [0.1, 0.15) is 0 Å². The highest BCUT2D eigenvalue weighted by Crippen LogP contribution is 2.42. The molecule has 1 aliphatic rings. The van der Waals surface area contributed by atoms with Crippen LogP contribution < -0.4 is 5.32 Å². The van der Waals surface area contributed by atoms with Crippen LogP contribution in [-0.4, -0.2) is 22.1 Å². The van der Waals surface area contributed by atoms with Crippen LogP contribution in [0.15, 0.2) is 35.8 Å². The highest BCUT2D eigenvalue weighted by atomic mass is 32.1. The molecule has 0 aliphatic heterocycles. The summed E-state index contributed by atoms with van der Waals surface area (Å²) in [6, 6.07) is 7.77. The van der Waals surface area contributed by atoms with E-state index in [0.29, 0.717) is 23.7 Å². The maximum Gasteiger partial charge on any atom is 0.392 e. The third kappa shape index (κ3) is 3.58. The van der Waals surface area contributed by atoms with E-state index in [-0.39, 0.29) is 12.8 Å². The molecule has 0 saturated heterocycles. The Hall–Kier alpha value is -2.35. The number of para-hydroxylation sites is 1. The molecule has 142 valence electrons. The van der Waals surface area contributed by atoms with Crippen LogP contribution in [0.25, 0.3) is 22.2 Å². The zero-order valence-electron chi connectivity index (χ0n) is 14.3. The molecule has 8 heteroatoms. The molecule has 0 bridgehead atoms. The van der Waals surface area contributed by atoms with Gasteiger partial charge in [-0.3, -0.25) is 4.79 Å². The first kappa shape index (κ1) is 18.0. The predicted octanol–water partition coefficient (Wildman–Crippen LogP) is 5.60. The molecule has 4 rings (SSSR count). The number of carbonyl (C=O) groups excluding carboxylic acids is 1. The predicted molar refractivity (Wildman–Crippen MR) is 99.5 cm³/mol. The largest absolute Gasteiger partial charge is 0.392 e. The number of aromatic nitrogens is 2. The average molecular weight is 393 g/mol. The molecule has 2 N–H and O–H groups in total. The number of H-pyrrole nitrogens is 1. The van der Waals surface area contributed by atoms with Crippen LogP contribution in [0.1, 0.15) is 25.7 Å². The monoisotopic (exact) mass is 393 g/mol. The molecule has 2 unspecified atom stereocenters. The van der Waals surface area contributed by atoms with E-state index in [1.54, 1.807) is 5.38 Å². The average Bonchev–Trinajstić information content (AvgIpc) is 3.27. The fraction of sp³-hybridized carbons (Fsp3) is 0.368. The number of nitrogens with zero attached hydrogens (tertiary/aromatic N) is 1. The number of anilines is 1. The molecule has 2 aromatic heterocycles. The zero-order chi connectivity index (χ0) is 19.0. The van der Waals surface area contributed by atoms with Crippen molar-refractivity contribution in [2.45, 2.75) is 31.9 Å². The summed E-state index contributed by atoms with van der Waals surface area (Å²) < 4.78 is 39.7. The molecule has 1 amide bonds. The van der Waals surface area contributed by atoms with Gasteiger partial charge in [0.25, 0.3) is 0 Å². The van der Waals surface area contributed by atoms with Gasteiger partial charge < -0.3 is 10.3 Å². The first-order chi connectivity index (χ1) is 12.9. The van der Waals surface area contributed by atoms with Crippen molar-refractivity contribution in [3.05, 3.63) is 35.8 Å². The van der Waals surface area contributed by atoms with Crippen molar-refractivity contribution in [1.29, 1.82) is 0 Å². The van der Waals surface area contributed by atoms with Crippen molar-refractivity contribution in [3.63, 3.8) is 0 Å². The highest BCUT2D eigenvalue weighted by molar-refractivity contribution is 7.14. The van der Waals surface area contributed by atoms with Gasteiger partial charge in [-0.15, -0.1) is 11.3 Å². The SMILES string of the molecule is O=C(Nc1nc(-c2c[nH]c3ccccc23)cs1)C1CCCCC1C(F)(F)F. The van der Waals surface area contributed by atoms with Crippen molar-refractivity contribution >= 4 is 33.3 Å². The number of hydrogen-bond acceptors (Lipinski definition) is 3. The van der Waals surface area contributed by atoms with E-state index < -0.39 is 23.9 Å². The number of carbonyl (C=O) groups is 1. The fourth-order valence-corrected chi connectivity index (χ4v) is 4.49. The first-order valence-corrected chi connectivity index (χ1v) is 9.71. The van der Waals surface area contributed by atoms with Gasteiger partial charge in [0.15, 0.2) is 5.13 Å². The van der Waals surface area contributed by atoms with Crippen molar-refractivity contribution in [3.8, 4) is 11.3 Å². The van der Waals surface area contributed by atoms with Crippen LogP contribution >= 0.6 is 11.3 Å². The molecule has 2 atom stereocenters. The Morgan fingerprint density at radius 2 is 2.00 bits per heavy atom. The van der Waals surface area contributed by atoms with Crippen molar-refractivity contribution in [2.75, 3.05) is 5.32 Å². The van der Waals surface area contributed by atoms with E-state index in [1.807, 2.05) is 30.5 Å². The Balaban J connectivity index is 1.53. The number of benzene rings is 1. The van der Waals surface area contributed by atoms with Crippen molar-refractivity contribution < 1.29 is 18.0 Å². The minimum Gasteiger partial charge on any atom is -0.360 e. The van der Waals surface area contributed by atoms with Crippen LogP contribution in [0, 0.1) is 11.8 Å². The standard InChI is InChI=1S/C19H18F3N3OS/c20-19(21,22)14-7-3-1-6-12(14)17(26)25-18-24-16(10-27-18)13-9-23-15-8-4-2-5-11(13)15/h2,4-5,8-10,12,14,23H,1,3,6-7H2,(H,24,25,26). The number of amides is 1. The maximum absolute atomic E-state index is 13.2. The van der Waals surface area contributed by atoms with Crippen LogP contribution in [0.5, 0.6) is 0 Å². The Labute approximate surface area is 157 Å². The van der Waals surface area contributed by atoms with Gasteiger partial charge in [-0.2, -0.15) is 13.2 Å². The molecular formula is C19H18F3N3OS. The molecule has 0 radical (unpaired) electrons. The number of nitrogens with one attached hydrogen (secondary N) is 2. The zero-order valence-corrected chi connectivity index (χ0v) is 15.2. The van der Waals surface area contributed by atoms with Gasteiger partial charge >= 0.3 is 6.18 Å². The lowest BCUT2D eigenvalue weighted by atomic mass is 9.78. The molecule has 27 heavy (non-hydrogen) atoms. The molecule has 1 aromatic carbocycles. The lowest BCUT2D eigenvalue weighted by molar-refractivity contribution is -0.197. The van der Waals surface area contributed by atoms with Gasteiger partial charge in [0, 0.05) is 34.0 Å². The molecule has 3 aromatic rings. The number of rotatable bonds is 3. The van der Waals surface area contributed by atoms with Crippen LogP contribution in [0.3, 0.4) is 0 Å². The fourth-order valence-electron chi connectivity index (χ4n) is 3.77. The molecule has 1 saturated carbocycles. The maximum atomic E-state index is 13.2. The number of hydrogen-bond donors (Lipinski definition) is 2. The van der Waals surface area contributed by atoms with E-state index in [0.717, 1.165) is 16.5 Å². The van der Waals surface area contributed by atoms with Gasteiger partial charge in [-0.25, -0.2) is 4.98 Å². The van der Waals surface area contributed by atoms with E-state index in [1.165, 1.54) is 11.3 Å². The molecule has 2 heterocycles. The number of aromatic amines is 1. The highest BCUT2D eigenvalue weighted by Gasteiger charge is 2.48. The second-order valence-electron chi connectivity index (χ2n) is 6.81. The Bertz CT molecular complexity index is 962. The molecule has 1 aliphatic carbocycles. The summed E-state index contributed by atoms with van der Waals surface area (Å²) in [7, 11) is 0. The van der Waals surface area contributed by atoms with Crippen molar-refractivity contribution in [1.82, 2.24) is 9.97 Å². The Kier molecular flexibility index (Phi) is 4.67. The molecule has 4 nitrogen and oxygen atoms in total. The van der Waals surface area contributed by atoms with Crippen LogP contribution in [0.2, 0.25) is 0 Å². The minimum absolute atomic E-state index is 0.0139. The summed E-state index contributed by atoms with van der Waals surface area (Å²) in [4.78, 5) is 20.1. The Morgan fingerprint density at radius 3 is 2.81 bits per heavy atom. The van der Waals surface area contributed by atoms with E-state index >= 15 is 0 Å². The number of thiazole rings is 1. The lowest BCUT2D eigenvalue weighted by Crippen LogP contribution is -2.39. The second kappa shape index (κ2) is 6.99. The normalized spacial score (nSPS) is 20.7. The first-order valence-electron chi connectivity index (χ1n) is 8.83. The third-order valence-electron chi connectivity index (χ3n) is 5.12. The van der Waals surface area contributed by atoms with E-state index in [4.69, 9.17) is 0 Å². The summed E-state index contributed by atoms with van der Waals surface area (Å²) in [5.41, 5.74) is 2.55. The van der Waals surface area contributed by atoms with Gasteiger partial charge in [0.05, 0.1) is 11.6 Å². The van der Waals surface area contributed by atoms with Gasteiger partial charge in [0.2, 0.25) is 5.91 Å². The number of alkyl halides is 3. The summed E-state index contributed by atoms with van der Waals surface area (Å²) in [5, 5.41) is 5.73. The van der Waals surface area contributed by atoms with E-state index in [2.05, 4.69) is 15.3 Å². The summed E-state index contributed by atoms with van der Waals surface area (Å²) in [6.45, 7) is 0. The minimum atomic E-state index is -4.35. The quantitative estimate of drug-likeness (QED) is 0.609. The van der Waals surface area contributed by atoms with Crippen LogP contribution in [-0.2, 0) is 4.79 Å². The van der Waals surface area contributed by atoms with Crippen molar-refractivity contribution in [2.24, 2.45) is 11.8 Å². The summed E-state index contributed by atoms with van der Waals surface area (Å²) in [6.07, 6.45) is -1.08. The van der Waals surface area contributed by atoms with E-state index in [9.17, 15) is 18.0 Å². The Morgan fingerprint density at radius 1 is 1.22 bits per heavy atom. The molecular weight excluding hydrogens is 375 g/mol. The number of halogens is 3. The third-order valence-corrected chi connectivity index (χ3v) is 5.88. The summed E-state index contributed by atoms with van der Waals surface area (Å²) in [5.74, 6) is -3.20.